The van der Waals surface area contributed by atoms with Crippen molar-refractivity contribution in [3.05, 3.63) is 29.6 Å². The van der Waals surface area contributed by atoms with Gasteiger partial charge in [-0.2, -0.15) is 0 Å². The molecule has 2 unspecified atom stereocenters. The minimum Gasteiger partial charge on any atom is -0.342 e. The van der Waals surface area contributed by atoms with Gasteiger partial charge >= 0.3 is 0 Å². The van der Waals surface area contributed by atoms with Gasteiger partial charge in [-0.25, -0.2) is 10.4 Å². The van der Waals surface area contributed by atoms with Crippen molar-refractivity contribution in [3.63, 3.8) is 0 Å². The van der Waals surface area contributed by atoms with Crippen LogP contribution >= 0.6 is 0 Å². The topological polar surface area (TPSA) is 73.0 Å². The third-order valence-corrected chi connectivity index (χ3v) is 4.39. The minimum absolute atomic E-state index is 0.122. The number of carbonyl (C=O) groups excluding carboxylic acids is 1. The average molecular weight is 315 g/mol. The van der Waals surface area contributed by atoms with Gasteiger partial charge in [-0.05, 0) is 44.9 Å². The number of nitrogens with one attached hydrogen (secondary N) is 3. The van der Waals surface area contributed by atoms with E-state index in [0.717, 1.165) is 29.7 Å². The molecular weight excluding hydrogens is 290 g/mol. The molecule has 2 aromatic rings. The van der Waals surface area contributed by atoms with Crippen LogP contribution in [-0.2, 0) is 11.2 Å². The summed E-state index contributed by atoms with van der Waals surface area (Å²) in [5, 5.41) is 0. The summed E-state index contributed by atoms with van der Waals surface area (Å²) in [5.41, 5.74) is 9.45. The molecule has 1 saturated heterocycles. The number of rotatable bonds is 5. The fourth-order valence-corrected chi connectivity index (χ4v) is 3.06. The van der Waals surface area contributed by atoms with Crippen molar-refractivity contribution in [1.82, 2.24) is 25.7 Å². The van der Waals surface area contributed by atoms with E-state index in [1.165, 1.54) is 5.56 Å². The summed E-state index contributed by atoms with van der Waals surface area (Å²) in [6.07, 6.45) is 1.57. The average Bonchev–Trinajstić information content (AvgIpc) is 3.13. The van der Waals surface area contributed by atoms with Crippen LogP contribution in [0.5, 0.6) is 0 Å². The van der Waals surface area contributed by atoms with Crippen LogP contribution in [0, 0.1) is 6.92 Å². The Hall–Kier alpha value is -1.92. The van der Waals surface area contributed by atoms with Gasteiger partial charge in [0.2, 0.25) is 5.91 Å². The summed E-state index contributed by atoms with van der Waals surface area (Å²) in [6.45, 7) is 7.56. The van der Waals surface area contributed by atoms with Gasteiger partial charge in [0.1, 0.15) is 11.9 Å². The molecule has 0 spiro atoms. The molecule has 0 aliphatic carbocycles. The van der Waals surface area contributed by atoms with Gasteiger partial charge in [0.05, 0.1) is 11.0 Å². The summed E-state index contributed by atoms with van der Waals surface area (Å²) in [7, 11) is 0. The Labute approximate surface area is 136 Å². The lowest BCUT2D eigenvalue weighted by atomic mass is 10.1. The van der Waals surface area contributed by atoms with E-state index in [-0.39, 0.29) is 11.9 Å². The predicted molar refractivity (Wildman–Crippen MR) is 90.9 cm³/mol. The van der Waals surface area contributed by atoms with E-state index in [0.29, 0.717) is 19.1 Å². The highest BCUT2D eigenvalue weighted by molar-refractivity contribution is 5.82. The maximum atomic E-state index is 12.6. The molecule has 3 rings (SSSR count). The van der Waals surface area contributed by atoms with Crippen molar-refractivity contribution in [2.75, 3.05) is 13.1 Å². The zero-order chi connectivity index (χ0) is 16.4. The molecule has 1 aliphatic heterocycles. The fourth-order valence-electron chi connectivity index (χ4n) is 3.06. The Bertz CT molecular complexity index is 695. The molecule has 1 fully saturated rings. The van der Waals surface area contributed by atoms with Crippen molar-refractivity contribution in [2.45, 2.75) is 45.7 Å². The second-order valence-corrected chi connectivity index (χ2v) is 6.35. The molecule has 1 aliphatic rings. The molecule has 0 bridgehead atoms. The van der Waals surface area contributed by atoms with Crippen molar-refractivity contribution >= 4 is 16.9 Å². The number of likely N-dealkylation sites (N-methyl/N-ethyl adjacent to an activating group) is 1. The summed E-state index contributed by atoms with van der Waals surface area (Å²) >= 11 is 0. The molecule has 6 heteroatoms. The van der Waals surface area contributed by atoms with E-state index < -0.39 is 0 Å². The molecule has 1 aromatic heterocycles. The van der Waals surface area contributed by atoms with Gasteiger partial charge in [0.15, 0.2) is 0 Å². The SMILES string of the molecule is CCN(CCc1nc2ccc(C)cc2[nH]1)C(=O)C1CC(C)NN1. The lowest BCUT2D eigenvalue weighted by molar-refractivity contribution is -0.133. The number of aromatic amines is 1. The zero-order valence-corrected chi connectivity index (χ0v) is 14.0. The molecule has 124 valence electrons. The normalized spacial score (nSPS) is 21.0. The summed E-state index contributed by atoms with van der Waals surface area (Å²) in [4.78, 5) is 22.4. The number of nitrogens with zero attached hydrogens (tertiary/aromatic N) is 2. The van der Waals surface area contributed by atoms with E-state index >= 15 is 0 Å². The molecule has 6 nitrogen and oxygen atoms in total. The number of H-pyrrole nitrogens is 1. The Morgan fingerprint density at radius 1 is 1.39 bits per heavy atom. The van der Waals surface area contributed by atoms with Gasteiger partial charge in [-0.1, -0.05) is 6.07 Å². The minimum atomic E-state index is -0.122. The second-order valence-electron chi connectivity index (χ2n) is 6.35. The van der Waals surface area contributed by atoms with Crippen molar-refractivity contribution < 1.29 is 4.79 Å². The van der Waals surface area contributed by atoms with Crippen LogP contribution in [0.15, 0.2) is 18.2 Å². The Morgan fingerprint density at radius 3 is 2.91 bits per heavy atom. The molecule has 23 heavy (non-hydrogen) atoms. The first kappa shape index (κ1) is 16.0. The molecule has 2 heterocycles. The summed E-state index contributed by atoms with van der Waals surface area (Å²) in [5.74, 6) is 1.10. The van der Waals surface area contributed by atoms with Gasteiger partial charge in [-0.15, -0.1) is 0 Å². The first-order chi connectivity index (χ1) is 11.1. The molecule has 2 atom stereocenters. The first-order valence-electron chi connectivity index (χ1n) is 8.32. The van der Waals surface area contributed by atoms with Crippen molar-refractivity contribution in [2.24, 2.45) is 0 Å². The quantitative estimate of drug-likeness (QED) is 0.782. The first-order valence-corrected chi connectivity index (χ1v) is 8.32. The van der Waals surface area contributed by atoms with E-state index in [1.54, 1.807) is 0 Å². The van der Waals surface area contributed by atoms with E-state index in [1.807, 2.05) is 17.9 Å². The van der Waals surface area contributed by atoms with E-state index in [4.69, 9.17) is 0 Å². The van der Waals surface area contributed by atoms with Gasteiger partial charge < -0.3 is 9.88 Å². The highest BCUT2D eigenvalue weighted by atomic mass is 16.2. The fraction of sp³-hybridized carbons (Fsp3) is 0.529. The van der Waals surface area contributed by atoms with Crippen LogP contribution in [0.2, 0.25) is 0 Å². The van der Waals surface area contributed by atoms with Crippen LogP contribution in [0.1, 0.15) is 31.7 Å². The highest BCUT2D eigenvalue weighted by Crippen LogP contribution is 2.14. The number of hydrazine groups is 1. The Morgan fingerprint density at radius 2 is 2.22 bits per heavy atom. The predicted octanol–water partition coefficient (Wildman–Crippen LogP) is 1.52. The van der Waals surface area contributed by atoms with Crippen LogP contribution in [0.25, 0.3) is 11.0 Å². The van der Waals surface area contributed by atoms with Gasteiger partial charge in [0, 0.05) is 25.6 Å². The lowest BCUT2D eigenvalue weighted by Gasteiger charge is -2.23. The highest BCUT2D eigenvalue weighted by Gasteiger charge is 2.29. The lowest BCUT2D eigenvalue weighted by Crippen LogP contribution is -2.46. The van der Waals surface area contributed by atoms with Crippen LogP contribution in [0.3, 0.4) is 0 Å². The number of imidazole rings is 1. The van der Waals surface area contributed by atoms with Crippen LogP contribution < -0.4 is 10.9 Å². The third-order valence-electron chi connectivity index (χ3n) is 4.39. The molecule has 3 N–H and O–H groups in total. The zero-order valence-electron chi connectivity index (χ0n) is 14.0. The van der Waals surface area contributed by atoms with Gasteiger partial charge in [-0.3, -0.25) is 10.2 Å². The number of carbonyl (C=O) groups is 1. The van der Waals surface area contributed by atoms with Crippen LogP contribution in [0.4, 0.5) is 0 Å². The molecule has 1 amide bonds. The number of hydrogen-bond donors (Lipinski definition) is 3. The van der Waals surface area contributed by atoms with Gasteiger partial charge in [0.25, 0.3) is 0 Å². The number of aromatic nitrogens is 2. The van der Waals surface area contributed by atoms with Crippen molar-refractivity contribution in [1.29, 1.82) is 0 Å². The number of aryl methyl sites for hydroxylation is 1. The number of amides is 1. The number of hydrogen-bond acceptors (Lipinski definition) is 4. The molecule has 0 saturated carbocycles. The largest absolute Gasteiger partial charge is 0.342 e. The summed E-state index contributed by atoms with van der Waals surface area (Å²) < 4.78 is 0. The Kier molecular flexibility index (Phi) is 4.63. The summed E-state index contributed by atoms with van der Waals surface area (Å²) in [6, 6.07) is 6.41. The Balaban J connectivity index is 1.63. The second kappa shape index (κ2) is 6.68. The van der Waals surface area contributed by atoms with E-state index in [9.17, 15) is 4.79 Å². The monoisotopic (exact) mass is 315 g/mol. The maximum Gasteiger partial charge on any atom is 0.241 e. The molecule has 1 aromatic carbocycles. The van der Waals surface area contributed by atoms with Crippen LogP contribution in [-0.4, -0.2) is 45.9 Å². The van der Waals surface area contributed by atoms with Crippen molar-refractivity contribution in [3.8, 4) is 0 Å². The third kappa shape index (κ3) is 3.54. The van der Waals surface area contributed by atoms with E-state index in [2.05, 4.69) is 46.8 Å². The number of benzene rings is 1. The molecular formula is C17H25N5O. The number of fused-ring (bicyclic) bond motifs is 1. The molecule has 0 radical (unpaired) electrons. The smallest absolute Gasteiger partial charge is 0.241 e. The standard InChI is InChI=1S/C17H25N5O/c1-4-22(17(23)15-10-12(3)20-21-15)8-7-16-18-13-6-5-11(2)9-14(13)19-16/h5-6,9,12,15,20-21H,4,7-8,10H2,1-3H3,(H,18,19). The maximum absolute atomic E-state index is 12.6.